The van der Waals surface area contributed by atoms with Crippen LogP contribution in [0.25, 0.3) is 11.3 Å². The van der Waals surface area contributed by atoms with Crippen LogP contribution in [0.3, 0.4) is 0 Å². The van der Waals surface area contributed by atoms with Gasteiger partial charge in [-0.05, 0) is 44.4 Å². The van der Waals surface area contributed by atoms with Crippen molar-refractivity contribution in [1.82, 2.24) is 14.9 Å². The number of hydrogen-bond acceptors (Lipinski definition) is 4. The van der Waals surface area contributed by atoms with Crippen LogP contribution in [0.2, 0.25) is 0 Å². The first-order valence-corrected chi connectivity index (χ1v) is 10.0. The molecule has 29 heavy (non-hydrogen) atoms. The molecule has 2 aromatic rings. The first kappa shape index (κ1) is 23.3. The predicted octanol–water partition coefficient (Wildman–Crippen LogP) is 5.45. The molecule has 0 fully saturated rings. The summed E-state index contributed by atoms with van der Waals surface area (Å²) in [6, 6.07) is 7.73. The van der Waals surface area contributed by atoms with Crippen molar-refractivity contribution in [2.24, 2.45) is 5.92 Å². The van der Waals surface area contributed by atoms with Crippen molar-refractivity contribution in [2.45, 2.75) is 46.5 Å². The molecule has 1 aromatic carbocycles. The van der Waals surface area contributed by atoms with Crippen LogP contribution in [-0.4, -0.2) is 46.3 Å². The van der Waals surface area contributed by atoms with E-state index >= 15 is 0 Å². The number of halogens is 3. The topological polar surface area (TPSA) is 67.5 Å². The lowest BCUT2D eigenvalue weighted by Crippen LogP contribution is -2.39. The average molecular weight is 474 g/mol. The number of amides is 1. The largest absolute Gasteiger partial charge is 0.444 e. The first-order valence-electron chi connectivity index (χ1n) is 9.21. The van der Waals surface area contributed by atoms with Gasteiger partial charge in [0.15, 0.2) is 0 Å². The molecule has 6 nitrogen and oxygen atoms in total. The molecule has 0 aliphatic carbocycles. The maximum Gasteiger partial charge on any atom is 0.410 e. The van der Waals surface area contributed by atoms with E-state index in [0.29, 0.717) is 5.82 Å². The molecule has 1 heterocycles. The Hall–Kier alpha value is -2.00. The second-order valence-corrected chi connectivity index (χ2v) is 8.73. The fraction of sp³-hybridized carbons (Fsp3) is 0.500. The highest BCUT2D eigenvalue weighted by atomic mass is 79.9. The van der Waals surface area contributed by atoms with Gasteiger partial charge >= 0.3 is 12.7 Å². The van der Waals surface area contributed by atoms with E-state index in [9.17, 15) is 13.6 Å². The number of ether oxygens (including phenoxy) is 2. The number of aromatic amines is 1. The minimum atomic E-state index is -2.84. The van der Waals surface area contributed by atoms with Gasteiger partial charge in [-0.2, -0.15) is 8.78 Å². The summed E-state index contributed by atoms with van der Waals surface area (Å²) in [5, 5.41) is 0. The number of aromatic nitrogens is 2. The van der Waals surface area contributed by atoms with Gasteiger partial charge in [-0.1, -0.05) is 35.0 Å². The van der Waals surface area contributed by atoms with E-state index in [4.69, 9.17) is 4.74 Å². The summed E-state index contributed by atoms with van der Waals surface area (Å²) >= 11 is 3.40. The zero-order chi connectivity index (χ0) is 21.6. The fourth-order valence-electron chi connectivity index (χ4n) is 2.60. The van der Waals surface area contributed by atoms with Crippen molar-refractivity contribution < 1.29 is 23.0 Å². The van der Waals surface area contributed by atoms with Gasteiger partial charge in [-0.15, -0.1) is 0 Å². The molecule has 0 saturated carbocycles. The number of carbonyl (C=O) groups is 1. The van der Waals surface area contributed by atoms with E-state index in [-0.39, 0.29) is 25.6 Å². The molecule has 0 radical (unpaired) electrons. The van der Waals surface area contributed by atoms with E-state index in [1.165, 1.54) is 4.90 Å². The molecule has 0 saturated heterocycles. The Morgan fingerprint density at radius 2 is 1.93 bits per heavy atom. The van der Waals surface area contributed by atoms with E-state index in [1.807, 2.05) is 24.3 Å². The zero-order valence-electron chi connectivity index (χ0n) is 16.9. The van der Waals surface area contributed by atoms with E-state index in [2.05, 4.69) is 30.6 Å². The molecule has 9 heteroatoms. The number of alkyl halides is 2. The van der Waals surface area contributed by atoms with Crippen LogP contribution < -0.4 is 0 Å². The quantitative estimate of drug-likeness (QED) is 0.553. The Kier molecular flexibility index (Phi) is 8.15. The molecule has 0 spiro atoms. The minimum Gasteiger partial charge on any atom is -0.444 e. The molecule has 0 aliphatic heterocycles. The Labute approximate surface area is 177 Å². The molecular formula is C20H26BrF2N3O3. The van der Waals surface area contributed by atoms with Crippen LogP contribution in [0.1, 0.15) is 33.5 Å². The normalized spacial score (nSPS) is 12.8. The van der Waals surface area contributed by atoms with Crippen molar-refractivity contribution in [1.29, 1.82) is 0 Å². The summed E-state index contributed by atoms with van der Waals surface area (Å²) in [6.07, 6.45) is 1.15. The third-order valence-electron chi connectivity index (χ3n) is 3.81. The monoisotopic (exact) mass is 473 g/mol. The van der Waals surface area contributed by atoms with Crippen LogP contribution in [0.4, 0.5) is 13.6 Å². The summed E-state index contributed by atoms with van der Waals surface area (Å²) in [5.41, 5.74) is 1.09. The lowest BCUT2D eigenvalue weighted by Gasteiger charge is -2.28. The summed E-state index contributed by atoms with van der Waals surface area (Å²) in [6.45, 7) is 4.38. The summed E-state index contributed by atoms with van der Waals surface area (Å²) in [4.78, 5) is 21.6. The minimum absolute atomic E-state index is 0.157. The number of rotatable bonds is 8. The van der Waals surface area contributed by atoms with Crippen molar-refractivity contribution >= 4 is 22.0 Å². The number of benzene rings is 1. The SMILES string of the molecule is C[C@H](COC(F)F)CN(Cc1ncc(-c2ccc(Br)cc2)[nH]1)C(=O)OC(C)(C)C. The van der Waals surface area contributed by atoms with Crippen LogP contribution >= 0.6 is 15.9 Å². The lowest BCUT2D eigenvalue weighted by atomic mass is 10.2. The van der Waals surface area contributed by atoms with E-state index < -0.39 is 18.3 Å². The van der Waals surface area contributed by atoms with Crippen molar-refractivity contribution in [3.8, 4) is 11.3 Å². The molecule has 0 bridgehead atoms. The van der Waals surface area contributed by atoms with Gasteiger partial charge in [0, 0.05) is 11.0 Å². The summed E-state index contributed by atoms with van der Waals surface area (Å²) in [5.74, 6) is 0.258. The van der Waals surface area contributed by atoms with Gasteiger partial charge in [-0.3, -0.25) is 0 Å². The standard InChI is InChI=1S/C20H26BrF2N3O3/c1-13(12-28-18(22)23)10-26(19(27)29-20(2,3)4)11-17-24-9-16(25-17)14-5-7-15(21)8-6-14/h5-9,13,18H,10-12H2,1-4H3,(H,24,25)/t13-/m0/s1. The number of carbonyl (C=O) groups excluding carboxylic acids is 1. The third-order valence-corrected chi connectivity index (χ3v) is 4.34. The van der Waals surface area contributed by atoms with Crippen molar-refractivity contribution in [3.63, 3.8) is 0 Å². The highest BCUT2D eigenvalue weighted by Gasteiger charge is 2.25. The second-order valence-electron chi connectivity index (χ2n) is 7.81. The Bertz CT molecular complexity index is 791. The molecule has 1 aromatic heterocycles. The number of nitrogens with zero attached hydrogens (tertiary/aromatic N) is 2. The molecule has 1 N–H and O–H groups in total. The first-order chi connectivity index (χ1) is 13.5. The van der Waals surface area contributed by atoms with E-state index in [0.717, 1.165) is 15.7 Å². The van der Waals surface area contributed by atoms with Crippen LogP contribution in [0, 0.1) is 5.92 Å². The average Bonchev–Trinajstić information content (AvgIpc) is 3.07. The summed E-state index contributed by atoms with van der Waals surface area (Å²) < 4.78 is 35.4. The van der Waals surface area contributed by atoms with Gasteiger partial charge in [-0.25, -0.2) is 9.78 Å². The van der Waals surface area contributed by atoms with Gasteiger partial charge in [0.25, 0.3) is 0 Å². The van der Waals surface area contributed by atoms with Crippen LogP contribution in [0.5, 0.6) is 0 Å². The number of H-pyrrole nitrogens is 1. The predicted molar refractivity (Wildman–Crippen MR) is 109 cm³/mol. The van der Waals surface area contributed by atoms with Crippen molar-refractivity contribution in [2.75, 3.05) is 13.2 Å². The van der Waals surface area contributed by atoms with Crippen molar-refractivity contribution in [3.05, 3.63) is 40.8 Å². The number of nitrogens with one attached hydrogen (secondary N) is 1. The number of imidazole rings is 1. The smallest absolute Gasteiger partial charge is 0.410 e. The highest BCUT2D eigenvalue weighted by Crippen LogP contribution is 2.21. The molecule has 160 valence electrons. The molecule has 0 unspecified atom stereocenters. The summed E-state index contributed by atoms with van der Waals surface area (Å²) in [7, 11) is 0. The van der Waals surface area contributed by atoms with Gasteiger partial charge in [0.2, 0.25) is 0 Å². The maximum atomic E-state index is 12.6. The Morgan fingerprint density at radius 3 is 2.52 bits per heavy atom. The highest BCUT2D eigenvalue weighted by molar-refractivity contribution is 9.10. The van der Waals surface area contributed by atoms with Crippen LogP contribution in [-0.2, 0) is 16.0 Å². The lowest BCUT2D eigenvalue weighted by molar-refractivity contribution is -0.138. The molecule has 0 aliphatic rings. The van der Waals surface area contributed by atoms with Gasteiger partial charge < -0.3 is 19.4 Å². The molecule has 1 atom stereocenters. The molecular weight excluding hydrogens is 448 g/mol. The molecule has 2 rings (SSSR count). The van der Waals surface area contributed by atoms with Crippen LogP contribution in [0.15, 0.2) is 34.9 Å². The van der Waals surface area contributed by atoms with Gasteiger partial charge in [0.1, 0.15) is 11.4 Å². The zero-order valence-corrected chi connectivity index (χ0v) is 18.5. The second kappa shape index (κ2) is 10.2. The fourth-order valence-corrected chi connectivity index (χ4v) is 2.86. The van der Waals surface area contributed by atoms with E-state index in [1.54, 1.807) is 33.9 Å². The molecule has 1 amide bonds. The Morgan fingerprint density at radius 1 is 1.28 bits per heavy atom. The Balaban J connectivity index is 2.11. The number of hydrogen-bond donors (Lipinski definition) is 1. The maximum absolute atomic E-state index is 12.6. The third kappa shape index (κ3) is 8.10. The van der Waals surface area contributed by atoms with Gasteiger partial charge in [0.05, 0.1) is 25.0 Å².